The summed E-state index contributed by atoms with van der Waals surface area (Å²) in [7, 11) is 0. The maximum absolute atomic E-state index is 6.42. The fourth-order valence-electron chi connectivity index (χ4n) is 8.57. The Bertz CT molecular complexity index is 3280. The summed E-state index contributed by atoms with van der Waals surface area (Å²) in [6, 6.07) is 80.8. The number of para-hydroxylation sites is 1. The van der Waals surface area contributed by atoms with Gasteiger partial charge in [0.15, 0.2) is 0 Å². The van der Waals surface area contributed by atoms with Crippen molar-refractivity contribution >= 4 is 60.5 Å². The van der Waals surface area contributed by atoms with Crippen LogP contribution in [0, 0.1) is 0 Å². The van der Waals surface area contributed by atoms with E-state index in [0.29, 0.717) is 0 Å². The monoisotopic (exact) mass is 739 g/mol. The lowest BCUT2D eigenvalue weighted by molar-refractivity contribution is 0.669. The lowest BCUT2D eigenvalue weighted by Gasteiger charge is -2.28. The molecule has 0 saturated carbocycles. The second-order valence-electron chi connectivity index (χ2n) is 14.9. The lowest BCUT2D eigenvalue weighted by atomic mass is 9.96. The van der Waals surface area contributed by atoms with Crippen LogP contribution >= 0.6 is 0 Å². The highest BCUT2D eigenvalue weighted by Crippen LogP contribution is 2.44. The Hall–Kier alpha value is -7.68. The van der Waals surface area contributed by atoms with Crippen LogP contribution in [0.25, 0.3) is 88.0 Å². The Labute approximate surface area is 337 Å². The molecule has 0 spiro atoms. The van der Waals surface area contributed by atoms with Gasteiger partial charge in [-0.2, -0.15) is 0 Å². The van der Waals surface area contributed by atoms with Crippen LogP contribution in [-0.4, -0.2) is 0 Å². The standard InChI is InChI=1S/C56H37NO/c1-2-13-38(14-3-1)41-19-10-20-42(33-41)39-27-30-47(31-28-39)57(48-22-11-21-45(34-48)50-25-12-18-40-15-6-7-23-49(40)50)54-26-9-8-24-51(54)46-29-32-55-52(36-46)53-35-43-16-4-5-17-44(43)37-56(53)58-55/h1-37H. The van der Waals surface area contributed by atoms with Crippen LogP contribution in [0.15, 0.2) is 229 Å². The van der Waals surface area contributed by atoms with Crippen LogP contribution in [0.3, 0.4) is 0 Å². The number of fused-ring (bicyclic) bond motifs is 5. The maximum atomic E-state index is 6.42. The molecule has 2 heteroatoms. The van der Waals surface area contributed by atoms with Gasteiger partial charge < -0.3 is 9.32 Å². The van der Waals surface area contributed by atoms with Gasteiger partial charge in [0.2, 0.25) is 0 Å². The van der Waals surface area contributed by atoms with Gasteiger partial charge in [-0.15, -0.1) is 0 Å². The average molecular weight is 740 g/mol. The third-order valence-electron chi connectivity index (χ3n) is 11.4. The van der Waals surface area contributed by atoms with E-state index >= 15 is 0 Å². The quantitative estimate of drug-likeness (QED) is 0.162. The zero-order chi connectivity index (χ0) is 38.4. The summed E-state index contributed by atoms with van der Waals surface area (Å²) in [4.78, 5) is 2.40. The van der Waals surface area contributed by atoms with Gasteiger partial charge in [-0.25, -0.2) is 0 Å². The first-order chi connectivity index (χ1) is 28.7. The Morgan fingerprint density at radius 1 is 0.276 bits per heavy atom. The molecule has 1 heterocycles. The SMILES string of the molecule is c1ccc(-c2cccc(-c3ccc(N(c4cccc(-c5cccc6ccccc56)c4)c4ccccc4-c4ccc5oc6cc7ccccc7cc6c5c4)cc3)c2)cc1. The van der Waals surface area contributed by atoms with Crippen molar-refractivity contribution < 1.29 is 4.42 Å². The van der Waals surface area contributed by atoms with Crippen molar-refractivity contribution in [1.29, 1.82) is 0 Å². The molecule has 0 fully saturated rings. The van der Waals surface area contributed by atoms with Gasteiger partial charge in [-0.1, -0.05) is 164 Å². The molecule has 2 nitrogen and oxygen atoms in total. The van der Waals surface area contributed by atoms with Crippen LogP contribution < -0.4 is 4.90 Å². The molecule has 0 bridgehead atoms. The van der Waals surface area contributed by atoms with Crippen LogP contribution in [0.5, 0.6) is 0 Å². The van der Waals surface area contributed by atoms with Gasteiger partial charge in [0, 0.05) is 27.7 Å². The fraction of sp³-hybridized carbons (Fsp3) is 0. The second kappa shape index (κ2) is 14.1. The van der Waals surface area contributed by atoms with Crippen molar-refractivity contribution in [2.75, 3.05) is 4.90 Å². The third kappa shape index (κ3) is 6.00. The summed E-state index contributed by atoms with van der Waals surface area (Å²) < 4.78 is 6.42. The van der Waals surface area contributed by atoms with Crippen molar-refractivity contribution in [1.82, 2.24) is 0 Å². The van der Waals surface area contributed by atoms with Gasteiger partial charge in [-0.3, -0.25) is 0 Å². The van der Waals surface area contributed by atoms with Crippen molar-refractivity contribution in [3.63, 3.8) is 0 Å². The summed E-state index contributed by atoms with van der Waals surface area (Å²) >= 11 is 0. The minimum atomic E-state index is 0.887. The first-order valence-corrected chi connectivity index (χ1v) is 19.8. The lowest BCUT2D eigenvalue weighted by Crippen LogP contribution is -2.11. The molecule has 0 aliphatic rings. The highest BCUT2D eigenvalue weighted by atomic mass is 16.3. The van der Waals surface area contributed by atoms with E-state index in [4.69, 9.17) is 4.42 Å². The van der Waals surface area contributed by atoms with Crippen molar-refractivity contribution in [3.8, 4) is 44.5 Å². The van der Waals surface area contributed by atoms with Gasteiger partial charge in [0.1, 0.15) is 11.2 Å². The number of anilines is 3. The van der Waals surface area contributed by atoms with Gasteiger partial charge in [0.05, 0.1) is 5.69 Å². The van der Waals surface area contributed by atoms with Crippen LogP contribution in [-0.2, 0) is 0 Å². The predicted molar refractivity (Wildman–Crippen MR) is 245 cm³/mol. The first-order valence-electron chi connectivity index (χ1n) is 19.8. The molecule has 11 rings (SSSR count). The minimum absolute atomic E-state index is 0.887. The van der Waals surface area contributed by atoms with Gasteiger partial charge in [-0.05, 0) is 121 Å². The molecule has 58 heavy (non-hydrogen) atoms. The van der Waals surface area contributed by atoms with Crippen molar-refractivity contribution in [2.24, 2.45) is 0 Å². The first kappa shape index (κ1) is 33.6. The van der Waals surface area contributed by atoms with E-state index in [9.17, 15) is 0 Å². The summed E-state index contributed by atoms with van der Waals surface area (Å²) in [5.74, 6) is 0. The second-order valence-corrected chi connectivity index (χ2v) is 14.9. The number of benzene rings is 10. The molecular formula is C56H37NO. The van der Waals surface area contributed by atoms with E-state index < -0.39 is 0 Å². The largest absolute Gasteiger partial charge is 0.456 e. The molecule has 1 aromatic heterocycles. The summed E-state index contributed by atoms with van der Waals surface area (Å²) in [6.07, 6.45) is 0. The minimum Gasteiger partial charge on any atom is -0.456 e. The summed E-state index contributed by atoms with van der Waals surface area (Å²) in [5, 5.41) is 7.09. The van der Waals surface area contributed by atoms with E-state index in [1.54, 1.807) is 0 Å². The zero-order valence-electron chi connectivity index (χ0n) is 31.7. The summed E-state index contributed by atoms with van der Waals surface area (Å²) in [5.41, 5.74) is 14.5. The van der Waals surface area contributed by atoms with Crippen LogP contribution in [0.1, 0.15) is 0 Å². The Morgan fingerprint density at radius 3 is 1.69 bits per heavy atom. The molecule has 0 unspecified atom stereocenters. The molecule has 0 N–H and O–H groups in total. The fourth-order valence-corrected chi connectivity index (χ4v) is 8.57. The number of rotatable bonds is 7. The molecule has 0 radical (unpaired) electrons. The van der Waals surface area contributed by atoms with E-state index in [0.717, 1.165) is 50.1 Å². The van der Waals surface area contributed by atoms with Crippen LogP contribution in [0.4, 0.5) is 17.1 Å². The molecule has 0 saturated heterocycles. The van der Waals surface area contributed by atoms with Crippen LogP contribution in [0.2, 0.25) is 0 Å². The molecular weight excluding hydrogens is 703 g/mol. The highest BCUT2D eigenvalue weighted by Gasteiger charge is 2.20. The Balaban J connectivity index is 1.06. The van der Waals surface area contributed by atoms with Gasteiger partial charge in [0.25, 0.3) is 0 Å². The predicted octanol–water partition coefficient (Wildman–Crippen LogP) is 16.0. The topological polar surface area (TPSA) is 16.4 Å². The Morgan fingerprint density at radius 2 is 0.845 bits per heavy atom. The molecule has 11 aromatic rings. The zero-order valence-corrected chi connectivity index (χ0v) is 31.7. The summed E-state index contributed by atoms with van der Waals surface area (Å²) in [6.45, 7) is 0. The third-order valence-corrected chi connectivity index (χ3v) is 11.4. The smallest absolute Gasteiger partial charge is 0.136 e. The number of hydrogen-bond acceptors (Lipinski definition) is 2. The highest BCUT2D eigenvalue weighted by molar-refractivity contribution is 6.11. The normalized spacial score (nSPS) is 11.4. The molecule has 0 aliphatic heterocycles. The number of hydrogen-bond donors (Lipinski definition) is 0. The Kier molecular flexibility index (Phi) is 8.19. The molecule has 0 aliphatic carbocycles. The van der Waals surface area contributed by atoms with Crippen molar-refractivity contribution in [3.05, 3.63) is 224 Å². The maximum Gasteiger partial charge on any atom is 0.136 e. The average Bonchev–Trinajstić information content (AvgIpc) is 3.65. The van der Waals surface area contributed by atoms with E-state index in [1.165, 1.54) is 54.9 Å². The molecule has 272 valence electrons. The van der Waals surface area contributed by atoms with E-state index in [-0.39, 0.29) is 0 Å². The molecule has 0 atom stereocenters. The van der Waals surface area contributed by atoms with Crippen molar-refractivity contribution in [2.45, 2.75) is 0 Å². The molecule has 0 amide bonds. The van der Waals surface area contributed by atoms with E-state index in [1.807, 2.05) is 0 Å². The molecule has 10 aromatic carbocycles. The van der Waals surface area contributed by atoms with E-state index in [2.05, 4.69) is 229 Å². The number of furan rings is 1. The van der Waals surface area contributed by atoms with Gasteiger partial charge >= 0.3 is 0 Å². The number of nitrogens with zero attached hydrogens (tertiary/aromatic N) is 1.